The average Bonchev–Trinajstić information content (AvgIpc) is 2.34. The number of hydrogen-bond donors (Lipinski definition) is 0. The van der Waals surface area contributed by atoms with Gasteiger partial charge in [-0.3, -0.25) is 0 Å². The Labute approximate surface area is 63.2 Å². The number of aromatic nitrogens is 3. The van der Waals surface area contributed by atoms with Gasteiger partial charge >= 0.3 is 0 Å². The second kappa shape index (κ2) is 3.10. The van der Waals surface area contributed by atoms with Crippen molar-refractivity contribution in [1.82, 2.24) is 15.0 Å². The van der Waals surface area contributed by atoms with Crippen molar-refractivity contribution >= 4 is 0 Å². The highest BCUT2D eigenvalue weighted by Crippen LogP contribution is 2.00. The minimum atomic E-state index is -0.644. The molecule has 1 aromatic rings. The molecule has 0 aliphatic heterocycles. The van der Waals surface area contributed by atoms with Gasteiger partial charge in [-0.05, 0) is 6.42 Å². The maximum atomic E-state index is 12.8. The van der Waals surface area contributed by atoms with E-state index in [1.807, 2.05) is 6.92 Å². The molecule has 5 heteroatoms. The van der Waals surface area contributed by atoms with Gasteiger partial charge in [0.2, 0.25) is 11.6 Å². The normalized spacial score (nSPS) is 9.55. The fourth-order valence-electron chi connectivity index (χ4n) is 0.725. The number of nitriles is 1. The number of hydrogen-bond acceptors (Lipinski definition) is 3. The van der Waals surface area contributed by atoms with Crippen LogP contribution in [0.1, 0.15) is 19.0 Å². The minimum absolute atomic E-state index is 0.238. The van der Waals surface area contributed by atoms with E-state index in [2.05, 4.69) is 10.3 Å². The standard InChI is InChI=1S/C6H7FN4/c1-2-3-11-6(7)5(4-8)9-10-11/h2-3H2,1H3. The molecule has 1 aromatic heterocycles. The zero-order chi connectivity index (χ0) is 8.27. The van der Waals surface area contributed by atoms with E-state index < -0.39 is 5.95 Å². The number of halogens is 1. The van der Waals surface area contributed by atoms with E-state index in [-0.39, 0.29) is 5.69 Å². The van der Waals surface area contributed by atoms with Crippen LogP contribution in [0, 0.1) is 17.3 Å². The van der Waals surface area contributed by atoms with Crippen molar-refractivity contribution in [2.24, 2.45) is 0 Å². The molecule has 11 heavy (non-hydrogen) atoms. The molecule has 0 bridgehead atoms. The monoisotopic (exact) mass is 154 g/mol. The first-order valence-corrected chi connectivity index (χ1v) is 3.28. The highest BCUT2D eigenvalue weighted by molar-refractivity contribution is 5.15. The molecule has 0 saturated heterocycles. The molecule has 0 aliphatic rings. The summed E-state index contributed by atoms with van der Waals surface area (Å²) in [6.45, 7) is 2.35. The molecule has 0 aliphatic carbocycles. The third kappa shape index (κ3) is 1.34. The van der Waals surface area contributed by atoms with Crippen LogP contribution in [0.5, 0.6) is 0 Å². The van der Waals surface area contributed by atoms with Crippen LogP contribution in [0.15, 0.2) is 0 Å². The number of nitrogens with zero attached hydrogens (tertiary/aromatic N) is 4. The molecule has 4 nitrogen and oxygen atoms in total. The van der Waals surface area contributed by atoms with Gasteiger partial charge in [-0.2, -0.15) is 9.65 Å². The predicted molar refractivity (Wildman–Crippen MR) is 35.0 cm³/mol. The molecule has 58 valence electrons. The van der Waals surface area contributed by atoms with Gasteiger partial charge in [-0.15, -0.1) is 5.10 Å². The van der Waals surface area contributed by atoms with E-state index in [1.165, 1.54) is 0 Å². The van der Waals surface area contributed by atoms with Gasteiger partial charge in [-0.25, -0.2) is 4.68 Å². The Hall–Kier alpha value is -1.44. The van der Waals surface area contributed by atoms with Crippen molar-refractivity contribution in [3.8, 4) is 6.07 Å². The van der Waals surface area contributed by atoms with E-state index in [9.17, 15) is 4.39 Å². The first kappa shape index (κ1) is 7.66. The number of rotatable bonds is 2. The van der Waals surface area contributed by atoms with E-state index in [4.69, 9.17) is 5.26 Å². The van der Waals surface area contributed by atoms with Crippen molar-refractivity contribution in [2.75, 3.05) is 0 Å². The highest BCUT2D eigenvalue weighted by atomic mass is 19.1. The second-order valence-electron chi connectivity index (χ2n) is 2.06. The van der Waals surface area contributed by atoms with Crippen LogP contribution in [0.3, 0.4) is 0 Å². The Balaban J connectivity index is 2.93. The van der Waals surface area contributed by atoms with Crippen molar-refractivity contribution in [3.63, 3.8) is 0 Å². The fraction of sp³-hybridized carbons (Fsp3) is 0.500. The zero-order valence-corrected chi connectivity index (χ0v) is 6.08. The first-order chi connectivity index (χ1) is 5.29. The van der Waals surface area contributed by atoms with Crippen molar-refractivity contribution < 1.29 is 4.39 Å². The van der Waals surface area contributed by atoms with Gasteiger partial charge in [0.25, 0.3) is 0 Å². The summed E-state index contributed by atoms with van der Waals surface area (Å²) in [5, 5.41) is 15.1. The summed E-state index contributed by atoms with van der Waals surface area (Å²) in [6.07, 6.45) is 0.769. The Morgan fingerprint density at radius 2 is 2.45 bits per heavy atom. The van der Waals surface area contributed by atoms with E-state index in [0.29, 0.717) is 6.54 Å². The van der Waals surface area contributed by atoms with E-state index >= 15 is 0 Å². The summed E-state index contributed by atoms with van der Waals surface area (Å²) in [5.74, 6) is -0.644. The lowest BCUT2D eigenvalue weighted by Crippen LogP contribution is -2.02. The lowest BCUT2D eigenvalue weighted by Gasteiger charge is -1.93. The molecule has 0 amide bonds. The molecule has 0 atom stereocenters. The molecular formula is C6H7FN4. The third-order valence-electron chi connectivity index (χ3n) is 1.22. The summed E-state index contributed by atoms with van der Waals surface area (Å²) in [5.41, 5.74) is -0.238. The van der Waals surface area contributed by atoms with Crippen LogP contribution in [0.2, 0.25) is 0 Å². The van der Waals surface area contributed by atoms with Gasteiger partial charge in [0.1, 0.15) is 6.07 Å². The molecule has 0 N–H and O–H groups in total. The molecule has 0 spiro atoms. The topological polar surface area (TPSA) is 54.5 Å². The SMILES string of the molecule is CCCn1nnc(C#N)c1F. The van der Waals surface area contributed by atoms with Crippen LogP contribution >= 0.6 is 0 Å². The minimum Gasteiger partial charge on any atom is -0.218 e. The molecule has 1 rings (SSSR count). The molecule has 0 aromatic carbocycles. The summed E-state index contributed by atoms with van der Waals surface area (Å²) < 4.78 is 13.9. The molecule has 0 saturated carbocycles. The highest BCUT2D eigenvalue weighted by Gasteiger charge is 2.09. The lowest BCUT2D eigenvalue weighted by molar-refractivity contribution is 0.447. The van der Waals surface area contributed by atoms with Crippen LogP contribution in [0.4, 0.5) is 4.39 Å². The van der Waals surface area contributed by atoms with Gasteiger partial charge in [0.15, 0.2) is 0 Å². The van der Waals surface area contributed by atoms with E-state index in [0.717, 1.165) is 11.1 Å². The number of aryl methyl sites for hydroxylation is 1. The molecule has 1 heterocycles. The van der Waals surface area contributed by atoms with Gasteiger partial charge in [0.05, 0.1) is 0 Å². The third-order valence-corrected chi connectivity index (χ3v) is 1.22. The second-order valence-corrected chi connectivity index (χ2v) is 2.06. The molecule has 0 fully saturated rings. The Morgan fingerprint density at radius 1 is 1.73 bits per heavy atom. The van der Waals surface area contributed by atoms with Crippen LogP contribution < -0.4 is 0 Å². The quantitative estimate of drug-likeness (QED) is 0.630. The largest absolute Gasteiger partial charge is 0.250 e. The van der Waals surface area contributed by atoms with Crippen LogP contribution in [-0.4, -0.2) is 15.0 Å². The summed E-state index contributed by atoms with van der Waals surface area (Å²) in [7, 11) is 0. The van der Waals surface area contributed by atoms with Gasteiger partial charge < -0.3 is 0 Å². The average molecular weight is 154 g/mol. The van der Waals surface area contributed by atoms with Crippen molar-refractivity contribution in [2.45, 2.75) is 19.9 Å². The lowest BCUT2D eigenvalue weighted by atomic mass is 10.5. The molecular weight excluding hydrogens is 147 g/mol. The van der Waals surface area contributed by atoms with Crippen LogP contribution in [-0.2, 0) is 6.54 Å². The Bertz CT molecular complexity index is 285. The van der Waals surface area contributed by atoms with Crippen LogP contribution in [0.25, 0.3) is 0 Å². The zero-order valence-electron chi connectivity index (χ0n) is 6.08. The summed E-state index contributed by atoms with van der Waals surface area (Å²) in [6, 6.07) is 1.60. The van der Waals surface area contributed by atoms with Crippen molar-refractivity contribution in [3.05, 3.63) is 11.6 Å². The summed E-state index contributed by atoms with van der Waals surface area (Å²) >= 11 is 0. The summed E-state index contributed by atoms with van der Waals surface area (Å²) in [4.78, 5) is 0. The molecule has 0 unspecified atom stereocenters. The van der Waals surface area contributed by atoms with Gasteiger partial charge in [-0.1, -0.05) is 12.1 Å². The Morgan fingerprint density at radius 3 is 2.91 bits per heavy atom. The van der Waals surface area contributed by atoms with E-state index in [1.54, 1.807) is 6.07 Å². The molecule has 0 radical (unpaired) electrons. The first-order valence-electron chi connectivity index (χ1n) is 3.28. The Kier molecular flexibility index (Phi) is 2.16. The van der Waals surface area contributed by atoms with Gasteiger partial charge in [0, 0.05) is 6.54 Å². The smallest absolute Gasteiger partial charge is 0.218 e. The maximum Gasteiger partial charge on any atom is 0.250 e. The maximum absolute atomic E-state index is 12.8. The van der Waals surface area contributed by atoms with Crippen molar-refractivity contribution in [1.29, 1.82) is 5.26 Å². The predicted octanol–water partition coefficient (Wildman–Crippen LogP) is 0.699. The fourth-order valence-corrected chi connectivity index (χ4v) is 0.725.